The zero-order chi connectivity index (χ0) is 16.4. The van der Waals surface area contributed by atoms with Gasteiger partial charge in [0.1, 0.15) is 5.03 Å². The zero-order valence-corrected chi connectivity index (χ0v) is 14.1. The molecule has 0 saturated heterocycles. The van der Waals surface area contributed by atoms with Crippen LogP contribution in [-0.2, 0) is 23.5 Å². The van der Waals surface area contributed by atoms with Gasteiger partial charge in [0.2, 0.25) is 11.8 Å². The van der Waals surface area contributed by atoms with Crippen molar-refractivity contribution < 1.29 is 9.59 Å². The molecule has 0 bridgehead atoms. The largest absolute Gasteiger partial charge is 0.337 e. The summed E-state index contributed by atoms with van der Waals surface area (Å²) in [5.41, 5.74) is 3.19. The predicted octanol–water partition coefficient (Wildman–Crippen LogP) is 2.74. The van der Waals surface area contributed by atoms with Crippen molar-refractivity contribution in [1.29, 1.82) is 0 Å². The molecule has 0 atom stereocenters. The molecule has 0 unspecified atom stereocenters. The summed E-state index contributed by atoms with van der Waals surface area (Å²) in [5, 5.41) is 5.40. The average molecular weight is 329 g/mol. The average Bonchev–Trinajstić information content (AvgIpc) is 2.92. The Bertz CT molecular complexity index is 740. The number of hydrogen-bond donors (Lipinski definition) is 0. The number of carbonyl (C=O) groups excluding carboxylic acids is 2. The molecule has 1 amide bonds. The third-order valence-corrected chi connectivity index (χ3v) is 5.07. The molecule has 2 heterocycles. The minimum absolute atomic E-state index is 0.0328. The van der Waals surface area contributed by atoms with E-state index in [1.54, 1.807) is 23.6 Å². The lowest BCUT2D eigenvalue weighted by atomic mass is 10.1. The molecule has 120 valence electrons. The predicted molar refractivity (Wildman–Crippen MR) is 89.3 cm³/mol. The minimum atomic E-state index is -0.113. The van der Waals surface area contributed by atoms with E-state index >= 15 is 0 Å². The molecule has 5 nitrogen and oxygen atoms in total. The lowest BCUT2D eigenvalue weighted by molar-refractivity contribution is -0.129. The number of amides is 1. The first-order valence-electron chi connectivity index (χ1n) is 7.60. The maximum Gasteiger partial charge on any atom is 0.244 e. The fourth-order valence-corrected chi connectivity index (χ4v) is 3.78. The fraction of sp³-hybridized carbons (Fsp3) is 0.353. The Labute approximate surface area is 139 Å². The van der Waals surface area contributed by atoms with E-state index in [0.29, 0.717) is 13.1 Å². The maximum atomic E-state index is 11.9. The Balaban J connectivity index is 1.86. The van der Waals surface area contributed by atoms with Gasteiger partial charge in [-0.25, -0.2) is 4.68 Å². The maximum absolute atomic E-state index is 11.9. The highest BCUT2D eigenvalue weighted by atomic mass is 32.2. The highest BCUT2D eigenvalue weighted by Crippen LogP contribution is 2.31. The topological polar surface area (TPSA) is 55.2 Å². The number of carbonyl (C=O) groups is 2. The third kappa shape index (κ3) is 3.32. The van der Waals surface area contributed by atoms with Crippen LogP contribution in [0.3, 0.4) is 0 Å². The van der Waals surface area contributed by atoms with Gasteiger partial charge in [-0.1, -0.05) is 42.1 Å². The van der Waals surface area contributed by atoms with Gasteiger partial charge in [-0.15, -0.1) is 0 Å². The first kappa shape index (κ1) is 15.8. The summed E-state index contributed by atoms with van der Waals surface area (Å²) in [6.45, 7) is 4.21. The highest BCUT2D eigenvalue weighted by molar-refractivity contribution is 7.98. The summed E-state index contributed by atoms with van der Waals surface area (Å²) in [6.07, 6.45) is 0.749. The van der Waals surface area contributed by atoms with Crippen LogP contribution in [0.4, 0.5) is 0 Å². The molecule has 0 saturated carbocycles. The molecule has 0 spiro atoms. The van der Waals surface area contributed by atoms with Gasteiger partial charge in [-0.3, -0.25) is 9.59 Å². The van der Waals surface area contributed by atoms with Gasteiger partial charge in [0, 0.05) is 31.7 Å². The van der Waals surface area contributed by atoms with Crippen LogP contribution in [0.5, 0.6) is 0 Å². The standard InChI is InChI=1S/C17H19N3O2S/c1-12(21)19-9-8-15-16(10-19)20(13(2)22)18-17(15)23-11-14-6-4-3-5-7-14/h3-7H,8-11H2,1-2H3. The molecule has 1 aliphatic rings. The van der Waals surface area contributed by atoms with Crippen molar-refractivity contribution >= 4 is 23.6 Å². The molecule has 3 rings (SSSR count). The number of aromatic nitrogens is 2. The Hall–Kier alpha value is -2.08. The molecule has 0 radical (unpaired) electrons. The molecule has 1 aromatic heterocycles. The van der Waals surface area contributed by atoms with E-state index < -0.39 is 0 Å². The summed E-state index contributed by atoms with van der Waals surface area (Å²) < 4.78 is 1.46. The van der Waals surface area contributed by atoms with E-state index in [-0.39, 0.29) is 11.8 Å². The van der Waals surface area contributed by atoms with Crippen LogP contribution in [-0.4, -0.2) is 33.0 Å². The molecule has 0 N–H and O–H groups in total. The van der Waals surface area contributed by atoms with Crippen LogP contribution >= 0.6 is 11.8 Å². The van der Waals surface area contributed by atoms with Gasteiger partial charge in [-0.2, -0.15) is 5.10 Å². The first-order chi connectivity index (χ1) is 11.1. The van der Waals surface area contributed by atoms with Crippen molar-refractivity contribution in [1.82, 2.24) is 14.7 Å². The highest BCUT2D eigenvalue weighted by Gasteiger charge is 2.27. The van der Waals surface area contributed by atoms with Gasteiger partial charge in [0.25, 0.3) is 0 Å². The van der Waals surface area contributed by atoms with Gasteiger partial charge < -0.3 is 4.90 Å². The lowest BCUT2D eigenvalue weighted by Crippen LogP contribution is -2.35. The number of nitrogens with zero attached hydrogens (tertiary/aromatic N) is 3. The van der Waals surface area contributed by atoms with Crippen molar-refractivity contribution in [3.63, 3.8) is 0 Å². The Morgan fingerprint density at radius 2 is 1.91 bits per heavy atom. The second kappa shape index (κ2) is 6.58. The quantitative estimate of drug-likeness (QED) is 0.813. The van der Waals surface area contributed by atoms with Crippen LogP contribution in [0.1, 0.15) is 35.5 Å². The lowest BCUT2D eigenvalue weighted by Gasteiger charge is -2.26. The van der Waals surface area contributed by atoms with Gasteiger partial charge >= 0.3 is 0 Å². The third-order valence-electron chi connectivity index (χ3n) is 3.99. The Kier molecular flexibility index (Phi) is 4.52. The van der Waals surface area contributed by atoms with Crippen molar-refractivity contribution in [2.45, 2.75) is 37.6 Å². The molecule has 1 aliphatic heterocycles. The van der Waals surface area contributed by atoms with Crippen molar-refractivity contribution in [2.24, 2.45) is 0 Å². The SMILES string of the molecule is CC(=O)N1CCc2c(SCc3ccccc3)nn(C(C)=O)c2C1. The van der Waals surface area contributed by atoms with E-state index in [4.69, 9.17) is 0 Å². The summed E-state index contributed by atoms with van der Waals surface area (Å²) in [6, 6.07) is 10.2. The zero-order valence-electron chi connectivity index (χ0n) is 13.3. The molecule has 2 aromatic rings. The number of fused-ring (bicyclic) bond motifs is 1. The van der Waals surface area contributed by atoms with Crippen LogP contribution in [0.15, 0.2) is 35.4 Å². The normalized spacial score (nSPS) is 13.7. The Morgan fingerprint density at radius 1 is 1.17 bits per heavy atom. The molecule has 23 heavy (non-hydrogen) atoms. The smallest absolute Gasteiger partial charge is 0.244 e. The molecular formula is C17H19N3O2S. The number of benzene rings is 1. The summed E-state index contributed by atoms with van der Waals surface area (Å²) >= 11 is 1.65. The fourth-order valence-electron chi connectivity index (χ4n) is 2.75. The number of hydrogen-bond acceptors (Lipinski definition) is 4. The van der Waals surface area contributed by atoms with Crippen LogP contribution in [0, 0.1) is 0 Å². The van der Waals surface area contributed by atoms with E-state index in [9.17, 15) is 9.59 Å². The second-order valence-corrected chi connectivity index (χ2v) is 6.59. The van der Waals surface area contributed by atoms with Crippen LogP contribution < -0.4 is 0 Å². The Morgan fingerprint density at radius 3 is 2.57 bits per heavy atom. The summed E-state index contributed by atoms with van der Waals surface area (Å²) in [4.78, 5) is 25.2. The van der Waals surface area contributed by atoms with Crippen LogP contribution in [0.25, 0.3) is 0 Å². The molecule has 0 fully saturated rings. The second-order valence-electron chi connectivity index (χ2n) is 5.63. The molecule has 6 heteroatoms. The monoisotopic (exact) mass is 329 g/mol. The van der Waals surface area contributed by atoms with Crippen molar-refractivity contribution in [3.05, 3.63) is 47.2 Å². The molecular weight excluding hydrogens is 310 g/mol. The van der Waals surface area contributed by atoms with Gasteiger partial charge in [0.05, 0.1) is 12.2 Å². The molecule has 1 aromatic carbocycles. The molecule has 0 aliphatic carbocycles. The van der Waals surface area contributed by atoms with Gasteiger partial charge in [-0.05, 0) is 12.0 Å². The summed E-state index contributed by atoms with van der Waals surface area (Å²) in [5.74, 6) is 0.738. The van der Waals surface area contributed by atoms with E-state index in [1.165, 1.54) is 17.2 Å². The first-order valence-corrected chi connectivity index (χ1v) is 8.58. The summed E-state index contributed by atoms with van der Waals surface area (Å²) in [7, 11) is 0. The van der Waals surface area contributed by atoms with Crippen molar-refractivity contribution in [2.75, 3.05) is 6.54 Å². The van der Waals surface area contributed by atoms with E-state index in [1.807, 2.05) is 18.2 Å². The number of rotatable bonds is 3. The van der Waals surface area contributed by atoms with E-state index in [2.05, 4.69) is 17.2 Å². The van der Waals surface area contributed by atoms with Crippen molar-refractivity contribution in [3.8, 4) is 0 Å². The minimum Gasteiger partial charge on any atom is -0.337 e. The van der Waals surface area contributed by atoms with Gasteiger partial charge in [0.15, 0.2) is 0 Å². The van der Waals surface area contributed by atoms with Crippen LogP contribution in [0.2, 0.25) is 0 Å². The van der Waals surface area contributed by atoms with E-state index in [0.717, 1.165) is 28.5 Å². The number of thioether (sulfide) groups is 1.